The Morgan fingerprint density at radius 2 is 2.21 bits per heavy atom. The van der Waals surface area contributed by atoms with Gasteiger partial charge in [0, 0.05) is 20.4 Å². The van der Waals surface area contributed by atoms with E-state index in [9.17, 15) is 5.11 Å². The molecule has 1 heterocycles. The van der Waals surface area contributed by atoms with Gasteiger partial charge in [0.1, 0.15) is 0 Å². The fourth-order valence-electron chi connectivity index (χ4n) is 3.09. The highest BCUT2D eigenvalue weighted by molar-refractivity contribution is 5.05. The van der Waals surface area contributed by atoms with E-state index in [-0.39, 0.29) is 11.7 Å². The van der Waals surface area contributed by atoms with Crippen LogP contribution in [0.3, 0.4) is 0 Å². The van der Waals surface area contributed by atoms with Crippen molar-refractivity contribution in [1.82, 2.24) is 9.78 Å². The molecule has 1 saturated carbocycles. The van der Waals surface area contributed by atoms with Gasteiger partial charge in [0.05, 0.1) is 17.9 Å². The number of ether oxygens (including phenoxy) is 1. The Morgan fingerprint density at radius 1 is 1.53 bits per heavy atom. The van der Waals surface area contributed by atoms with Crippen LogP contribution in [0, 0.1) is 5.92 Å². The van der Waals surface area contributed by atoms with E-state index in [0.717, 1.165) is 44.4 Å². The minimum absolute atomic E-state index is 0.325. The summed E-state index contributed by atoms with van der Waals surface area (Å²) in [4.78, 5) is 0. The molecular formula is C15H26N2O2. The van der Waals surface area contributed by atoms with Crippen LogP contribution in [0.1, 0.15) is 44.6 Å². The fraction of sp³-hybridized carbons (Fsp3) is 0.800. The van der Waals surface area contributed by atoms with Gasteiger partial charge < -0.3 is 9.84 Å². The molecule has 108 valence electrons. The van der Waals surface area contributed by atoms with Gasteiger partial charge in [0.15, 0.2) is 0 Å². The molecule has 4 nitrogen and oxygen atoms in total. The number of aliphatic hydroxyl groups is 1. The van der Waals surface area contributed by atoms with Crippen LogP contribution in [0.5, 0.6) is 0 Å². The standard InChI is InChI=1S/C15H26N2O2/c1-12-6-8-15(19-3,9-7-12)14(18)5-4-13-10-16-17(2)11-13/h10-12,14,18H,4-9H2,1-3H3. The molecule has 1 fully saturated rings. The lowest BCUT2D eigenvalue weighted by Gasteiger charge is -2.41. The van der Waals surface area contributed by atoms with E-state index in [0.29, 0.717) is 0 Å². The van der Waals surface area contributed by atoms with E-state index in [2.05, 4.69) is 12.0 Å². The second-order valence-corrected chi connectivity index (χ2v) is 6.03. The Bertz CT molecular complexity index is 395. The van der Waals surface area contributed by atoms with Gasteiger partial charge in [-0.25, -0.2) is 0 Å². The monoisotopic (exact) mass is 266 g/mol. The molecule has 1 N–H and O–H groups in total. The highest BCUT2D eigenvalue weighted by Crippen LogP contribution is 2.38. The summed E-state index contributed by atoms with van der Waals surface area (Å²) in [6.07, 6.45) is 9.34. The van der Waals surface area contributed by atoms with Gasteiger partial charge in [-0.3, -0.25) is 4.68 Å². The van der Waals surface area contributed by atoms with E-state index in [1.165, 1.54) is 5.56 Å². The van der Waals surface area contributed by atoms with E-state index in [4.69, 9.17) is 4.74 Å². The van der Waals surface area contributed by atoms with E-state index < -0.39 is 0 Å². The predicted molar refractivity (Wildman–Crippen MR) is 74.9 cm³/mol. The minimum Gasteiger partial charge on any atom is -0.390 e. The number of aromatic nitrogens is 2. The van der Waals surface area contributed by atoms with Gasteiger partial charge in [0.2, 0.25) is 0 Å². The maximum absolute atomic E-state index is 10.5. The highest BCUT2D eigenvalue weighted by Gasteiger charge is 2.40. The summed E-state index contributed by atoms with van der Waals surface area (Å²) in [7, 11) is 3.66. The first-order valence-corrected chi connectivity index (χ1v) is 7.26. The van der Waals surface area contributed by atoms with Gasteiger partial charge in [-0.15, -0.1) is 0 Å². The molecule has 1 unspecified atom stereocenters. The SMILES string of the molecule is COC1(C(O)CCc2cnn(C)c2)CCC(C)CC1. The molecule has 19 heavy (non-hydrogen) atoms. The lowest BCUT2D eigenvalue weighted by atomic mass is 9.75. The van der Waals surface area contributed by atoms with Crippen LogP contribution in [0.15, 0.2) is 12.4 Å². The Morgan fingerprint density at radius 3 is 2.74 bits per heavy atom. The zero-order valence-electron chi connectivity index (χ0n) is 12.3. The third-order valence-electron chi connectivity index (χ3n) is 4.60. The second kappa shape index (κ2) is 6.06. The lowest BCUT2D eigenvalue weighted by Crippen LogP contribution is -2.47. The summed E-state index contributed by atoms with van der Waals surface area (Å²) in [5.74, 6) is 0.758. The Hall–Kier alpha value is -0.870. The first-order chi connectivity index (χ1) is 9.05. The molecule has 0 amide bonds. The molecule has 1 aliphatic rings. The van der Waals surface area contributed by atoms with Crippen molar-refractivity contribution in [2.24, 2.45) is 13.0 Å². The average molecular weight is 266 g/mol. The number of rotatable bonds is 5. The topological polar surface area (TPSA) is 47.3 Å². The third-order valence-corrected chi connectivity index (χ3v) is 4.60. The first kappa shape index (κ1) is 14.5. The average Bonchev–Trinajstić information content (AvgIpc) is 2.83. The normalized spacial score (nSPS) is 29.4. The van der Waals surface area contributed by atoms with Crippen LogP contribution < -0.4 is 0 Å². The molecular weight excluding hydrogens is 240 g/mol. The Balaban J connectivity index is 1.91. The number of hydrogen-bond acceptors (Lipinski definition) is 3. The van der Waals surface area contributed by atoms with Crippen LogP contribution >= 0.6 is 0 Å². The molecule has 4 heteroatoms. The Kier molecular flexibility index (Phi) is 4.63. The fourth-order valence-corrected chi connectivity index (χ4v) is 3.09. The summed E-state index contributed by atoms with van der Waals surface area (Å²) in [5, 5.41) is 14.7. The molecule has 0 aromatic carbocycles. The van der Waals surface area contributed by atoms with Crippen molar-refractivity contribution in [3.8, 4) is 0 Å². The van der Waals surface area contributed by atoms with E-state index >= 15 is 0 Å². The molecule has 1 atom stereocenters. The van der Waals surface area contributed by atoms with Crippen molar-refractivity contribution in [3.63, 3.8) is 0 Å². The second-order valence-electron chi connectivity index (χ2n) is 6.03. The summed E-state index contributed by atoms with van der Waals surface area (Å²) in [6, 6.07) is 0. The molecule has 0 radical (unpaired) electrons. The summed E-state index contributed by atoms with van der Waals surface area (Å²) in [5.41, 5.74) is 0.853. The van der Waals surface area contributed by atoms with Crippen LogP contribution in [0.4, 0.5) is 0 Å². The van der Waals surface area contributed by atoms with Gasteiger partial charge in [-0.05, 0) is 50.0 Å². The predicted octanol–water partition coefficient (Wildman–Crippen LogP) is 2.31. The van der Waals surface area contributed by atoms with Crippen molar-refractivity contribution < 1.29 is 9.84 Å². The van der Waals surface area contributed by atoms with Crippen LogP contribution in [-0.2, 0) is 18.2 Å². The molecule has 0 spiro atoms. The highest BCUT2D eigenvalue weighted by atomic mass is 16.5. The molecule has 1 aromatic rings. The summed E-state index contributed by atoms with van der Waals surface area (Å²) >= 11 is 0. The van der Waals surface area contributed by atoms with Gasteiger partial charge in [-0.1, -0.05) is 6.92 Å². The molecule has 0 saturated heterocycles. The van der Waals surface area contributed by atoms with Crippen molar-refractivity contribution in [2.45, 2.75) is 57.2 Å². The number of aliphatic hydroxyl groups excluding tert-OH is 1. The van der Waals surface area contributed by atoms with Crippen LogP contribution in [0.25, 0.3) is 0 Å². The van der Waals surface area contributed by atoms with Crippen LogP contribution in [-0.4, -0.2) is 33.7 Å². The number of methoxy groups -OCH3 is 1. The molecule has 0 aliphatic heterocycles. The van der Waals surface area contributed by atoms with Gasteiger partial charge >= 0.3 is 0 Å². The quantitative estimate of drug-likeness (QED) is 0.889. The zero-order chi connectivity index (χ0) is 13.9. The lowest BCUT2D eigenvalue weighted by molar-refractivity contribution is -0.130. The number of aryl methyl sites for hydroxylation is 2. The first-order valence-electron chi connectivity index (χ1n) is 7.26. The van der Waals surface area contributed by atoms with E-state index in [1.54, 1.807) is 11.8 Å². The van der Waals surface area contributed by atoms with Gasteiger partial charge in [0.25, 0.3) is 0 Å². The molecule has 2 rings (SSSR count). The molecule has 1 aliphatic carbocycles. The van der Waals surface area contributed by atoms with Crippen molar-refractivity contribution in [2.75, 3.05) is 7.11 Å². The third kappa shape index (κ3) is 3.37. The Labute approximate surface area is 115 Å². The smallest absolute Gasteiger partial charge is 0.0936 e. The molecule has 1 aromatic heterocycles. The van der Waals surface area contributed by atoms with Crippen molar-refractivity contribution >= 4 is 0 Å². The maximum atomic E-state index is 10.5. The van der Waals surface area contributed by atoms with Crippen molar-refractivity contribution in [1.29, 1.82) is 0 Å². The zero-order valence-corrected chi connectivity index (χ0v) is 12.3. The van der Waals surface area contributed by atoms with E-state index in [1.807, 2.05) is 19.4 Å². The number of hydrogen-bond donors (Lipinski definition) is 1. The molecule has 0 bridgehead atoms. The minimum atomic E-state index is -0.384. The summed E-state index contributed by atoms with van der Waals surface area (Å²) in [6.45, 7) is 2.28. The summed E-state index contributed by atoms with van der Waals surface area (Å²) < 4.78 is 7.51. The van der Waals surface area contributed by atoms with Gasteiger partial charge in [-0.2, -0.15) is 5.10 Å². The van der Waals surface area contributed by atoms with Crippen molar-refractivity contribution in [3.05, 3.63) is 18.0 Å². The number of nitrogens with zero attached hydrogens (tertiary/aromatic N) is 2. The maximum Gasteiger partial charge on any atom is 0.0936 e. The largest absolute Gasteiger partial charge is 0.390 e. The van der Waals surface area contributed by atoms with Crippen LogP contribution in [0.2, 0.25) is 0 Å².